The molecule has 0 unspecified atom stereocenters. The number of benzene rings is 2. The average molecular weight is 370 g/mol. The molecule has 2 heterocycles. The van der Waals surface area contributed by atoms with E-state index in [1.54, 1.807) is 38.2 Å². The Morgan fingerprint density at radius 1 is 1.12 bits per heavy atom. The van der Waals surface area contributed by atoms with E-state index in [2.05, 4.69) is 10.3 Å². The Morgan fingerprint density at radius 3 is 2.65 bits per heavy atom. The molecular weight excluding hydrogens is 355 g/mol. The van der Waals surface area contributed by atoms with Crippen LogP contribution in [-0.4, -0.2) is 18.5 Å². The van der Waals surface area contributed by atoms with Crippen molar-refractivity contribution in [3.8, 4) is 5.75 Å². The zero-order valence-corrected chi connectivity index (χ0v) is 14.9. The van der Waals surface area contributed by atoms with Crippen LogP contribution in [0.25, 0.3) is 16.5 Å². The molecule has 1 aliphatic heterocycles. The Balaban J connectivity index is 1.89. The summed E-state index contributed by atoms with van der Waals surface area (Å²) in [7, 11) is -3.49. The first-order valence-electron chi connectivity index (χ1n) is 7.89. The molecule has 0 aliphatic carbocycles. The van der Waals surface area contributed by atoms with Crippen LogP contribution >= 0.6 is 0 Å². The van der Waals surface area contributed by atoms with E-state index in [0.29, 0.717) is 33.3 Å². The summed E-state index contributed by atoms with van der Waals surface area (Å²) in [5.74, 6) is -0.549. The number of fused-ring (bicyclic) bond motifs is 2. The summed E-state index contributed by atoms with van der Waals surface area (Å²) in [6, 6.07) is 7.43. The second kappa shape index (κ2) is 5.54. The second-order valence-electron chi connectivity index (χ2n) is 6.31. The Hall–Kier alpha value is -2.93. The van der Waals surface area contributed by atoms with E-state index in [4.69, 9.17) is 0 Å². The van der Waals surface area contributed by atoms with Gasteiger partial charge in [-0.05, 0) is 54.8 Å². The first-order valence-corrected chi connectivity index (χ1v) is 9.43. The van der Waals surface area contributed by atoms with Gasteiger partial charge in [-0.1, -0.05) is 0 Å². The van der Waals surface area contributed by atoms with Crippen LogP contribution < -0.4 is 5.32 Å². The lowest BCUT2D eigenvalue weighted by Crippen LogP contribution is -1.99. The average Bonchev–Trinajstić information content (AvgIpc) is 2.80. The smallest absolute Gasteiger partial charge is 0.200 e. The Morgan fingerprint density at radius 2 is 1.88 bits per heavy atom. The van der Waals surface area contributed by atoms with Crippen LogP contribution in [0.2, 0.25) is 0 Å². The molecule has 0 radical (unpaired) electrons. The Labute approximate surface area is 149 Å². The summed E-state index contributed by atoms with van der Waals surface area (Å²) < 4.78 is 38.8. The number of pyridine rings is 1. The molecule has 5 nitrogen and oxygen atoms in total. The van der Waals surface area contributed by atoms with Gasteiger partial charge >= 0.3 is 0 Å². The SMILES string of the molecule is CC1=CS(=O)(=O)c2cc3c(Nc4cc(O)c(C)cc4F)ccnc3cc21. The van der Waals surface area contributed by atoms with Crippen LogP contribution in [0.15, 0.2) is 46.8 Å². The number of nitrogens with one attached hydrogen (secondary N) is 1. The van der Waals surface area contributed by atoms with Crippen molar-refractivity contribution in [1.82, 2.24) is 4.98 Å². The molecule has 26 heavy (non-hydrogen) atoms. The molecule has 0 fully saturated rings. The Bertz CT molecular complexity index is 1220. The summed E-state index contributed by atoms with van der Waals surface area (Å²) in [4.78, 5) is 4.51. The highest BCUT2D eigenvalue weighted by Gasteiger charge is 2.26. The molecule has 132 valence electrons. The standard InChI is InChI=1S/C19H15FN2O3S/c1-10-5-14(20)17(8-18(10)23)22-15-3-4-21-16-6-12-11(2)9-26(24,25)19(12)7-13(15)16/h3-9,23H,1-2H3,(H,21,22). The number of anilines is 2. The number of rotatable bonds is 2. The molecule has 2 aromatic carbocycles. The summed E-state index contributed by atoms with van der Waals surface area (Å²) in [5, 5.41) is 14.6. The third kappa shape index (κ3) is 2.52. The van der Waals surface area contributed by atoms with Gasteiger partial charge < -0.3 is 10.4 Å². The lowest BCUT2D eigenvalue weighted by Gasteiger charge is -2.13. The lowest BCUT2D eigenvalue weighted by atomic mass is 10.1. The minimum atomic E-state index is -3.49. The summed E-state index contributed by atoms with van der Waals surface area (Å²) in [6.07, 6.45) is 1.56. The first-order chi connectivity index (χ1) is 12.3. The van der Waals surface area contributed by atoms with E-state index in [-0.39, 0.29) is 16.3 Å². The van der Waals surface area contributed by atoms with Gasteiger partial charge in [0.05, 0.1) is 16.1 Å². The molecule has 0 spiro atoms. The van der Waals surface area contributed by atoms with Gasteiger partial charge in [0.25, 0.3) is 0 Å². The van der Waals surface area contributed by atoms with E-state index in [1.165, 1.54) is 17.5 Å². The number of aryl methyl sites for hydroxylation is 1. The minimum absolute atomic E-state index is 0.0319. The van der Waals surface area contributed by atoms with Crippen molar-refractivity contribution in [2.24, 2.45) is 0 Å². The first kappa shape index (κ1) is 16.5. The molecule has 1 aliphatic rings. The normalized spacial score (nSPS) is 15.0. The van der Waals surface area contributed by atoms with Crippen molar-refractivity contribution in [1.29, 1.82) is 0 Å². The highest BCUT2D eigenvalue weighted by molar-refractivity contribution is 7.95. The quantitative estimate of drug-likeness (QED) is 0.704. The Kier molecular flexibility index (Phi) is 3.52. The molecule has 0 amide bonds. The van der Waals surface area contributed by atoms with Gasteiger partial charge in [-0.15, -0.1) is 0 Å². The maximum atomic E-state index is 14.2. The monoisotopic (exact) mass is 370 g/mol. The molecular formula is C19H15FN2O3S. The highest BCUT2D eigenvalue weighted by atomic mass is 32.2. The van der Waals surface area contributed by atoms with Crippen LogP contribution in [0.4, 0.5) is 15.8 Å². The molecule has 1 aromatic heterocycles. The van der Waals surface area contributed by atoms with E-state index < -0.39 is 15.7 Å². The number of aromatic hydroxyl groups is 1. The molecule has 4 rings (SSSR count). The van der Waals surface area contributed by atoms with E-state index >= 15 is 0 Å². The van der Waals surface area contributed by atoms with Gasteiger partial charge in [0.2, 0.25) is 9.84 Å². The lowest BCUT2D eigenvalue weighted by molar-refractivity contribution is 0.469. The van der Waals surface area contributed by atoms with Gasteiger partial charge in [0, 0.05) is 28.7 Å². The van der Waals surface area contributed by atoms with Crippen LogP contribution in [0.3, 0.4) is 0 Å². The van der Waals surface area contributed by atoms with E-state index in [9.17, 15) is 17.9 Å². The number of allylic oxidation sites excluding steroid dienone is 1. The zero-order valence-electron chi connectivity index (χ0n) is 14.0. The predicted molar refractivity (Wildman–Crippen MR) is 98.7 cm³/mol. The summed E-state index contributed by atoms with van der Waals surface area (Å²) >= 11 is 0. The van der Waals surface area contributed by atoms with Crippen molar-refractivity contribution >= 4 is 37.7 Å². The molecule has 0 bridgehead atoms. The number of hydrogen-bond acceptors (Lipinski definition) is 5. The largest absolute Gasteiger partial charge is 0.508 e. The predicted octanol–water partition coefficient (Wildman–Crippen LogP) is 4.28. The van der Waals surface area contributed by atoms with Crippen LogP contribution in [-0.2, 0) is 9.84 Å². The van der Waals surface area contributed by atoms with Crippen LogP contribution in [0.5, 0.6) is 5.75 Å². The number of aromatic nitrogens is 1. The third-order valence-electron chi connectivity index (χ3n) is 4.46. The summed E-state index contributed by atoms with van der Waals surface area (Å²) in [6.45, 7) is 3.34. The topological polar surface area (TPSA) is 79.3 Å². The highest BCUT2D eigenvalue weighted by Crippen LogP contribution is 2.38. The molecule has 0 saturated carbocycles. The van der Waals surface area contributed by atoms with Crippen molar-refractivity contribution < 1.29 is 17.9 Å². The maximum absolute atomic E-state index is 14.2. The fourth-order valence-corrected chi connectivity index (χ4v) is 4.62. The van der Waals surface area contributed by atoms with Crippen molar-refractivity contribution in [3.63, 3.8) is 0 Å². The fourth-order valence-electron chi connectivity index (χ4n) is 3.09. The third-order valence-corrected chi connectivity index (χ3v) is 6.08. The molecule has 2 N–H and O–H groups in total. The molecule has 3 aromatic rings. The molecule has 7 heteroatoms. The van der Waals surface area contributed by atoms with Crippen LogP contribution in [0.1, 0.15) is 18.1 Å². The van der Waals surface area contributed by atoms with Crippen molar-refractivity contribution in [3.05, 3.63) is 58.9 Å². The molecule has 0 saturated heterocycles. The van der Waals surface area contributed by atoms with E-state index in [0.717, 1.165) is 0 Å². The number of hydrogen-bond donors (Lipinski definition) is 2. The number of phenols is 1. The van der Waals surface area contributed by atoms with Crippen LogP contribution in [0, 0.1) is 12.7 Å². The van der Waals surface area contributed by atoms with Gasteiger partial charge in [-0.2, -0.15) is 0 Å². The number of nitrogens with zero attached hydrogens (tertiary/aromatic N) is 1. The van der Waals surface area contributed by atoms with Crippen molar-refractivity contribution in [2.75, 3.05) is 5.32 Å². The maximum Gasteiger partial charge on any atom is 0.200 e. The molecule has 0 atom stereocenters. The second-order valence-corrected chi connectivity index (χ2v) is 8.08. The fraction of sp³-hybridized carbons (Fsp3) is 0.105. The number of halogens is 1. The zero-order chi connectivity index (χ0) is 18.6. The summed E-state index contributed by atoms with van der Waals surface area (Å²) in [5.41, 5.74) is 2.91. The van der Waals surface area contributed by atoms with E-state index in [1.807, 2.05) is 0 Å². The van der Waals surface area contributed by atoms with Gasteiger partial charge in [-0.25, -0.2) is 12.8 Å². The number of phenolic OH excluding ortho intramolecular Hbond substituents is 1. The van der Waals surface area contributed by atoms with Gasteiger partial charge in [0.1, 0.15) is 11.6 Å². The minimum Gasteiger partial charge on any atom is -0.508 e. The van der Waals surface area contributed by atoms with Gasteiger partial charge in [0.15, 0.2) is 0 Å². The van der Waals surface area contributed by atoms with Gasteiger partial charge in [-0.3, -0.25) is 4.98 Å². The number of sulfone groups is 1. The van der Waals surface area contributed by atoms with Crippen molar-refractivity contribution in [2.45, 2.75) is 18.7 Å².